The van der Waals surface area contributed by atoms with E-state index < -0.39 is 10.8 Å². The molecule has 0 saturated carbocycles. The molecule has 9 heteroatoms. The first-order valence-electron chi connectivity index (χ1n) is 9.63. The summed E-state index contributed by atoms with van der Waals surface area (Å²) in [4.78, 5) is 31.7. The number of ether oxygens (including phenoxy) is 1. The fraction of sp³-hybridized carbons (Fsp3) is 0.0870. The summed E-state index contributed by atoms with van der Waals surface area (Å²) in [5, 5.41) is 14.6. The van der Waals surface area contributed by atoms with Gasteiger partial charge in [0.25, 0.3) is 11.6 Å². The van der Waals surface area contributed by atoms with Crippen molar-refractivity contribution in [3.8, 4) is 16.9 Å². The third kappa shape index (κ3) is 4.04. The molecule has 1 heterocycles. The summed E-state index contributed by atoms with van der Waals surface area (Å²) in [6.45, 7) is 1.95. The van der Waals surface area contributed by atoms with Gasteiger partial charge in [0.1, 0.15) is 5.75 Å². The zero-order valence-corrected chi connectivity index (χ0v) is 17.3. The molecule has 0 radical (unpaired) electrons. The third-order valence-corrected chi connectivity index (χ3v) is 5.05. The molecule has 0 unspecified atom stereocenters. The second-order valence-electron chi connectivity index (χ2n) is 7.13. The molecule has 3 N–H and O–H groups in total. The first-order valence-corrected chi connectivity index (χ1v) is 9.63. The molecule has 3 aromatic carbocycles. The Labute approximate surface area is 183 Å². The maximum absolute atomic E-state index is 12.9. The van der Waals surface area contributed by atoms with E-state index in [9.17, 15) is 14.9 Å². The van der Waals surface area contributed by atoms with Crippen LogP contribution in [0.3, 0.4) is 0 Å². The number of nitrogens with one attached hydrogen (secondary N) is 1. The molecule has 0 fully saturated rings. The maximum atomic E-state index is 12.9. The van der Waals surface area contributed by atoms with E-state index in [0.29, 0.717) is 11.3 Å². The molecule has 160 valence electrons. The number of carbonyl (C=O) groups excluding carboxylic acids is 1. The predicted molar refractivity (Wildman–Crippen MR) is 122 cm³/mol. The number of aromatic nitrogens is 2. The number of non-ortho nitro benzene ring substituents is 1. The second kappa shape index (κ2) is 8.31. The summed E-state index contributed by atoms with van der Waals surface area (Å²) in [6.07, 6.45) is 1.65. The molecule has 0 saturated heterocycles. The van der Waals surface area contributed by atoms with E-state index in [0.717, 1.165) is 27.6 Å². The van der Waals surface area contributed by atoms with E-state index in [2.05, 4.69) is 15.3 Å². The highest BCUT2D eigenvalue weighted by Crippen LogP contribution is 2.31. The second-order valence-corrected chi connectivity index (χ2v) is 7.13. The molecule has 1 amide bonds. The van der Waals surface area contributed by atoms with Gasteiger partial charge in [-0.2, -0.15) is 0 Å². The minimum absolute atomic E-state index is 0.148. The van der Waals surface area contributed by atoms with Gasteiger partial charge in [-0.3, -0.25) is 14.9 Å². The lowest BCUT2D eigenvalue weighted by Gasteiger charge is -2.12. The van der Waals surface area contributed by atoms with E-state index in [1.54, 1.807) is 18.3 Å². The van der Waals surface area contributed by atoms with Gasteiger partial charge in [0.2, 0.25) is 5.95 Å². The van der Waals surface area contributed by atoms with Crippen LogP contribution in [0.5, 0.6) is 5.75 Å². The number of anilines is 2. The highest BCUT2D eigenvalue weighted by atomic mass is 16.6. The summed E-state index contributed by atoms with van der Waals surface area (Å²) in [7, 11) is 1.43. The normalized spacial score (nSPS) is 10.7. The number of hydrogen-bond acceptors (Lipinski definition) is 7. The molecular formula is C23H19N5O4. The lowest BCUT2D eigenvalue weighted by Crippen LogP contribution is -2.13. The van der Waals surface area contributed by atoms with Crippen LogP contribution in [0.1, 0.15) is 15.9 Å². The molecule has 1 aromatic heterocycles. The van der Waals surface area contributed by atoms with E-state index in [-0.39, 0.29) is 17.3 Å². The SMILES string of the molecule is COc1ccc([N+](=O)[O-])cc1NC(=O)c1ccc(C)c(-c2ccc3nc(N)ncc3c2)c1. The largest absolute Gasteiger partial charge is 0.495 e. The van der Waals surface area contributed by atoms with Crippen LogP contribution in [-0.2, 0) is 0 Å². The number of benzene rings is 3. The first-order chi connectivity index (χ1) is 15.4. The lowest BCUT2D eigenvalue weighted by atomic mass is 9.97. The smallest absolute Gasteiger partial charge is 0.271 e. The number of fused-ring (bicyclic) bond motifs is 1. The van der Waals surface area contributed by atoms with Crippen molar-refractivity contribution in [3.05, 3.63) is 82.0 Å². The van der Waals surface area contributed by atoms with Gasteiger partial charge in [-0.05, 0) is 53.9 Å². The molecule has 0 bridgehead atoms. The van der Waals surface area contributed by atoms with Crippen molar-refractivity contribution in [2.75, 3.05) is 18.2 Å². The minimum atomic E-state index is -0.532. The van der Waals surface area contributed by atoms with Gasteiger partial charge >= 0.3 is 0 Å². The van der Waals surface area contributed by atoms with Gasteiger partial charge in [0.15, 0.2) is 0 Å². The van der Waals surface area contributed by atoms with Crippen LogP contribution in [-0.4, -0.2) is 27.9 Å². The fourth-order valence-electron chi connectivity index (χ4n) is 3.39. The number of nitro groups is 1. The Kier molecular flexibility index (Phi) is 5.38. The molecule has 0 aliphatic carbocycles. The summed E-state index contributed by atoms with van der Waals surface area (Å²) < 4.78 is 5.22. The van der Waals surface area contributed by atoms with Gasteiger partial charge in [-0.15, -0.1) is 0 Å². The van der Waals surface area contributed by atoms with Crippen LogP contribution >= 0.6 is 0 Å². The monoisotopic (exact) mass is 429 g/mol. The first kappa shape index (κ1) is 20.7. The Morgan fingerprint density at radius 2 is 1.94 bits per heavy atom. The van der Waals surface area contributed by atoms with Gasteiger partial charge in [-0.25, -0.2) is 9.97 Å². The topological polar surface area (TPSA) is 133 Å². The van der Waals surface area contributed by atoms with Gasteiger partial charge in [0, 0.05) is 29.3 Å². The molecular weight excluding hydrogens is 410 g/mol. The average Bonchev–Trinajstić information content (AvgIpc) is 2.78. The predicted octanol–water partition coefficient (Wildman–Crippen LogP) is 4.36. The van der Waals surface area contributed by atoms with Gasteiger partial charge in [0.05, 0.1) is 23.2 Å². The molecule has 4 aromatic rings. The Morgan fingerprint density at radius 1 is 1.12 bits per heavy atom. The zero-order chi connectivity index (χ0) is 22.8. The minimum Gasteiger partial charge on any atom is -0.495 e. The van der Waals surface area contributed by atoms with Crippen molar-refractivity contribution in [2.24, 2.45) is 0 Å². The Morgan fingerprint density at radius 3 is 2.69 bits per heavy atom. The number of hydrogen-bond donors (Lipinski definition) is 2. The number of rotatable bonds is 5. The van der Waals surface area contributed by atoms with E-state index in [1.165, 1.54) is 25.3 Å². The standard InChI is InChI=1S/C23H19N5O4/c1-13-3-4-15(22(29)26-20-11-17(28(30)31)6-8-21(20)32-2)10-18(13)14-5-7-19-16(9-14)12-25-23(24)27-19/h3-12H,1-2H3,(H,26,29)(H2,24,25,27). The highest BCUT2D eigenvalue weighted by Gasteiger charge is 2.16. The van der Waals surface area contributed by atoms with Gasteiger partial charge < -0.3 is 15.8 Å². The maximum Gasteiger partial charge on any atom is 0.271 e. The molecule has 0 aliphatic rings. The number of nitro benzene ring substituents is 1. The number of nitrogens with two attached hydrogens (primary N) is 1. The van der Waals surface area contributed by atoms with Crippen LogP contribution in [0.2, 0.25) is 0 Å². The number of aryl methyl sites for hydroxylation is 1. The highest BCUT2D eigenvalue weighted by molar-refractivity contribution is 6.06. The fourth-order valence-corrected chi connectivity index (χ4v) is 3.39. The summed E-state index contributed by atoms with van der Waals surface area (Å²) in [5.74, 6) is 0.115. The quantitative estimate of drug-likeness (QED) is 0.356. The Bertz CT molecular complexity index is 1370. The molecule has 4 rings (SSSR count). The lowest BCUT2D eigenvalue weighted by molar-refractivity contribution is -0.384. The third-order valence-electron chi connectivity index (χ3n) is 5.05. The Hall–Kier alpha value is -4.53. The van der Waals surface area contributed by atoms with Crippen molar-refractivity contribution >= 4 is 34.1 Å². The Balaban J connectivity index is 1.69. The van der Waals surface area contributed by atoms with Crippen molar-refractivity contribution in [1.82, 2.24) is 9.97 Å². The molecule has 0 spiro atoms. The van der Waals surface area contributed by atoms with Crippen molar-refractivity contribution in [1.29, 1.82) is 0 Å². The van der Waals surface area contributed by atoms with E-state index >= 15 is 0 Å². The number of amides is 1. The average molecular weight is 429 g/mol. The zero-order valence-electron chi connectivity index (χ0n) is 17.3. The van der Waals surface area contributed by atoms with Crippen LogP contribution in [0.4, 0.5) is 17.3 Å². The summed E-state index contributed by atoms with van der Waals surface area (Å²) in [5.41, 5.74) is 9.57. The van der Waals surface area contributed by atoms with E-state index in [4.69, 9.17) is 10.5 Å². The number of methoxy groups -OCH3 is 1. The summed E-state index contributed by atoms with van der Waals surface area (Å²) in [6, 6.07) is 15.0. The van der Waals surface area contributed by atoms with Crippen molar-refractivity contribution in [3.63, 3.8) is 0 Å². The molecule has 9 nitrogen and oxygen atoms in total. The summed E-state index contributed by atoms with van der Waals surface area (Å²) >= 11 is 0. The van der Waals surface area contributed by atoms with E-state index in [1.807, 2.05) is 31.2 Å². The molecule has 0 aliphatic heterocycles. The number of nitrogens with zero attached hydrogens (tertiary/aromatic N) is 3. The number of nitrogen functional groups attached to an aromatic ring is 1. The van der Waals surface area contributed by atoms with Crippen LogP contribution < -0.4 is 15.8 Å². The number of carbonyl (C=O) groups is 1. The van der Waals surface area contributed by atoms with Crippen LogP contribution in [0.25, 0.3) is 22.0 Å². The van der Waals surface area contributed by atoms with Crippen molar-refractivity contribution in [2.45, 2.75) is 6.92 Å². The van der Waals surface area contributed by atoms with Crippen LogP contribution in [0, 0.1) is 17.0 Å². The molecule has 32 heavy (non-hydrogen) atoms. The molecule has 0 atom stereocenters. The van der Waals surface area contributed by atoms with Gasteiger partial charge in [-0.1, -0.05) is 12.1 Å². The van der Waals surface area contributed by atoms with Crippen molar-refractivity contribution < 1.29 is 14.5 Å². The van der Waals surface area contributed by atoms with Crippen LogP contribution in [0.15, 0.2) is 60.8 Å².